The Bertz CT molecular complexity index is 315. The zero-order valence-corrected chi connectivity index (χ0v) is 11.1. The van der Waals surface area contributed by atoms with Crippen molar-refractivity contribution < 1.29 is 31.4 Å². The first kappa shape index (κ1) is 17.5. The minimum absolute atomic E-state index is 0.0352. The van der Waals surface area contributed by atoms with Gasteiger partial charge in [-0.05, 0) is 26.4 Å². The van der Waals surface area contributed by atoms with Gasteiger partial charge in [0, 0.05) is 19.6 Å². The summed E-state index contributed by atoms with van der Waals surface area (Å²) in [7, 11) is 0. The van der Waals surface area contributed by atoms with Gasteiger partial charge in [-0.2, -0.15) is 26.3 Å². The van der Waals surface area contributed by atoms with Gasteiger partial charge >= 0.3 is 12.4 Å². The van der Waals surface area contributed by atoms with Crippen molar-refractivity contribution in [2.24, 2.45) is 0 Å². The number of β-amino-alcohol motifs (C(OH)–C–C–N with tert-alkyl or cyclic N) is 1. The molecule has 1 N–H and O–H groups in total. The molecular weight excluding hydrogens is 290 g/mol. The number of nitrogens with zero attached hydrogens (tertiary/aromatic N) is 2. The zero-order chi connectivity index (χ0) is 15.6. The first-order valence-electron chi connectivity index (χ1n) is 6.21. The molecule has 1 saturated heterocycles. The second-order valence-electron chi connectivity index (χ2n) is 5.29. The topological polar surface area (TPSA) is 26.7 Å². The fourth-order valence-electron chi connectivity index (χ4n) is 2.12. The lowest BCUT2D eigenvalue weighted by Gasteiger charge is -2.32. The van der Waals surface area contributed by atoms with Gasteiger partial charge in [-0.3, -0.25) is 9.80 Å². The van der Waals surface area contributed by atoms with Crippen molar-refractivity contribution in [1.82, 2.24) is 9.80 Å². The average Bonchev–Trinajstić information content (AvgIpc) is 2.39. The van der Waals surface area contributed by atoms with Gasteiger partial charge in [0.25, 0.3) is 0 Å². The molecule has 1 heterocycles. The van der Waals surface area contributed by atoms with E-state index < -0.39 is 31.0 Å². The Hall–Kier alpha value is -0.540. The van der Waals surface area contributed by atoms with Gasteiger partial charge in [-0.25, -0.2) is 0 Å². The first-order valence-corrected chi connectivity index (χ1v) is 6.21. The van der Waals surface area contributed by atoms with Gasteiger partial charge in [0.2, 0.25) is 0 Å². The number of hydrogen-bond acceptors (Lipinski definition) is 3. The van der Waals surface area contributed by atoms with Crippen molar-refractivity contribution in [1.29, 1.82) is 0 Å². The van der Waals surface area contributed by atoms with Gasteiger partial charge in [-0.15, -0.1) is 0 Å². The Balaban J connectivity index is 2.53. The normalized spacial score (nSPS) is 23.4. The van der Waals surface area contributed by atoms with Crippen molar-refractivity contribution in [2.75, 3.05) is 39.3 Å². The summed E-state index contributed by atoms with van der Waals surface area (Å²) in [5, 5.41) is 9.39. The fourth-order valence-corrected chi connectivity index (χ4v) is 2.12. The minimum atomic E-state index is -4.76. The summed E-state index contributed by atoms with van der Waals surface area (Å²) < 4.78 is 74.4. The third-order valence-electron chi connectivity index (χ3n) is 3.23. The molecule has 0 aliphatic carbocycles. The van der Waals surface area contributed by atoms with Gasteiger partial charge in [0.05, 0.1) is 6.54 Å². The molecule has 1 atom stereocenters. The number of rotatable bonds is 3. The monoisotopic (exact) mass is 308 g/mol. The van der Waals surface area contributed by atoms with Crippen LogP contribution in [-0.2, 0) is 0 Å². The molecule has 1 aliphatic heterocycles. The van der Waals surface area contributed by atoms with Gasteiger partial charge < -0.3 is 5.11 Å². The van der Waals surface area contributed by atoms with Crippen molar-refractivity contribution in [3.8, 4) is 0 Å². The van der Waals surface area contributed by atoms with Crippen LogP contribution in [0.5, 0.6) is 0 Å². The molecule has 0 saturated carbocycles. The summed E-state index contributed by atoms with van der Waals surface area (Å²) >= 11 is 0. The van der Waals surface area contributed by atoms with Crippen LogP contribution in [0.1, 0.15) is 13.3 Å². The fraction of sp³-hybridized carbons (Fsp3) is 1.00. The molecule has 20 heavy (non-hydrogen) atoms. The van der Waals surface area contributed by atoms with Crippen LogP contribution in [0.15, 0.2) is 0 Å². The first-order chi connectivity index (χ1) is 8.91. The van der Waals surface area contributed by atoms with Crippen molar-refractivity contribution >= 4 is 0 Å². The lowest BCUT2D eigenvalue weighted by atomic mass is 10.1. The largest absolute Gasteiger partial charge is 0.418 e. The molecule has 1 aliphatic rings. The summed E-state index contributed by atoms with van der Waals surface area (Å²) in [5.74, 6) is 0. The van der Waals surface area contributed by atoms with Crippen LogP contribution in [0.3, 0.4) is 0 Å². The highest BCUT2D eigenvalue weighted by Crippen LogP contribution is 2.31. The van der Waals surface area contributed by atoms with Crippen molar-refractivity contribution in [3.63, 3.8) is 0 Å². The predicted octanol–water partition coefficient (Wildman–Crippen LogP) is 1.87. The molecule has 0 bridgehead atoms. The van der Waals surface area contributed by atoms with E-state index in [0.29, 0.717) is 13.3 Å². The molecule has 0 amide bonds. The van der Waals surface area contributed by atoms with Crippen LogP contribution >= 0.6 is 0 Å². The summed E-state index contributed by atoms with van der Waals surface area (Å²) in [6.45, 7) is -0.487. The van der Waals surface area contributed by atoms with Crippen molar-refractivity contribution in [2.45, 2.75) is 31.3 Å². The molecule has 1 rings (SSSR count). The SMILES string of the molecule is C[C@](O)(CN1CCCN(CC(F)(F)F)CC1)C(F)(F)F. The Morgan fingerprint density at radius 1 is 0.850 bits per heavy atom. The number of hydrogen-bond donors (Lipinski definition) is 1. The molecule has 0 spiro atoms. The molecule has 0 unspecified atom stereocenters. The molecule has 3 nitrogen and oxygen atoms in total. The van der Waals surface area contributed by atoms with E-state index in [0.717, 1.165) is 0 Å². The summed E-state index contributed by atoms with van der Waals surface area (Å²) in [6.07, 6.45) is -8.73. The van der Waals surface area contributed by atoms with Gasteiger partial charge in [0.15, 0.2) is 5.60 Å². The highest BCUT2D eigenvalue weighted by Gasteiger charge is 2.50. The van der Waals surface area contributed by atoms with Gasteiger partial charge in [0.1, 0.15) is 0 Å². The lowest BCUT2D eigenvalue weighted by molar-refractivity contribution is -0.257. The minimum Gasteiger partial charge on any atom is -0.380 e. The Morgan fingerprint density at radius 2 is 1.30 bits per heavy atom. The smallest absolute Gasteiger partial charge is 0.380 e. The molecule has 9 heteroatoms. The Kier molecular flexibility index (Phi) is 5.31. The van der Waals surface area contributed by atoms with Crippen LogP contribution in [0.2, 0.25) is 0 Å². The molecule has 120 valence electrons. The maximum atomic E-state index is 12.6. The standard InChI is InChI=1S/C11H18F6N2O/c1-9(20,11(15,16)17)7-18-3-2-4-19(6-5-18)8-10(12,13)14/h20H,2-8H2,1H3/t9-/m0/s1. The zero-order valence-electron chi connectivity index (χ0n) is 11.1. The lowest BCUT2D eigenvalue weighted by Crippen LogP contribution is -2.52. The number of alkyl halides is 6. The molecular formula is C11H18F6N2O. The third-order valence-corrected chi connectivity index (χ3v) is 3.23. The van der Waals surface area contributed by atoms with E-state index in [4.69, 9.17) is 0 Å². The highest BCUT2D eigenvalue weighted by molar-refractivity contribution is 4.86. The molecule has 0 radical (unpaired) electrons. The number of halogens is 6. The summed E-state index contributed by atoms with van der Waals surface area (Å²) in [6, 6.07) is 0. The van der Waals surface area contributed by atoms with E-state index in [9.17, 15) is 31.4 Å². The summed E-state index contributed by atoms with van der Waals surface area (Å²) in [4.78, 5) is 2.52. The second-order valence-corrected chi connectivity index (χ2v) is 5.29. The average molecular weight is 308 g/mol. The second kappa shape index (κ2) is 6.07. The van der Waals surface area contributed by atoms with Crippen LogP contribution in [0.4, 0.5) is 26.3 Å². The van der Waals surface area contributed by atoms with Crippen molar-refractivity contribution in [3.05, 3.63) is 0 Å². The maximum Gasteiger partial charge on any atom is 0.418 e. The Morgan fingerprint density at radius 3 is 1.70 bits per heavy atom. The third kappa shape index (κ3) is 5.45. The van der Waals surface area contributed by atoms with E-state index in [-0.39, 0.29) is 26.2 Å². The molecule has 1 fully saturated rings. The quantitative estimate of drug-likeness (QED) is 0.806. The van der Waals surface area contributed by atoms with E-state index in [1.807, 2.05) is 0 Å². The highest BCUT2D eigenvalue weighted by atomic mass is 19.4. The summed E-state index contributed by atoms with van der Waals surface area (Å²) in [5.41, 5.74) is -2.85. The van der Waals surface area contributed by atoms with E-state index in [1.54, 1.807) is 0 Å². The Labute approximate surface area is 113 Å². The van der Waals surface area contributed by atoms with E-state index in [2.05, 4.69) is 0 Å². The maximum absolute atomic E-state index is 12.6. The van der Waals surface area contributed by atoms with E-state index in [1.165, 1.54) is 9.80 Å². The molecule has 0 aromatic heterocycles. The van der Waals surface area contributed by atoms with Gasteiger partial charge in [-0.1, -0.05) is 0 Å². The van der Waals surface area contributed by atoms with Crippen LogP contribution in [0.25, 0.3) is 0 Å². The van der Waals surface area contributed by atoms with Crippen LogP contribution < -0.4 is 0 Å². The van der Waals surface area contributed by atoms with Crippen LogP contribution in [-0.4, -0.2) is 72.1 Å². The number of aliphatic hydroxyl groups is 1. The predicted molar refractivity (Wildman–Crippen MR) is 60.2 cm³/mol. The van der Waals surface area contributed by atoms with E-state index >= 15 is 0 Å². The van der Waals surface area contributed by atoms with Crippen LogP contribution in [0, 0.1) is 0 Å². The molecule has 0 aromatic carbocycles. The molecule has 0 aromatic rings.